The lowest BCUT2D eigenvalue weighted by molar-refractivity contribution is 0.0746. The number of benzene rings is 1. The summed E-state index contributed by atoms with van der Waals surface area (Å²) in [6.07, 6.45) is 0. The van der Waals surface area contributed by atoms with Crippen molar-refractivity contribution in [2.45, 2.75) is 26.7 Å². The van der Waals surface area contributed by atoms with Crippen LogP contribution in [-0.2, 0) is 7.05 Å². The summed E-state index contributed by atoms with van der Waals surface area (Å²) >= 11 is 0. The molecule has 2 aromatic heterocycles. The van der Waals surface area contributed by atoms with Crippen LogP contribution in [0.25, 0.3) is 11.0 Å². The lowest BCUT2D eigenvalue weighted by Gasteiger charge is -2.35. The lowest BCUT2D eigenvalue weighted by Crippen LogP contribution is -2.49. The maximum absolute atomic E-state index is 13.5. The molecule has 8 heteroatoms. The molecule has 0 bridgehead atoms. The van der Waals surface area contributed by atoms with Crippen molar-refractivity contribution in [3.8, 4) is 0 Å². The third-order valence-corrected chi connectivity index (χ3v) is 5.30. The quantitative estimate of drug-likeness (QED) is 0.681. The van der Waals surface area contributed by atoms with Gasteiger partial charge in [0.25, 0.3) is 5.91 Å². The zero-order valence-electron chi connectivity index (χ0n) is 17.2. The van der Waals surface area contributed by atoms with Gasteiger partial charge in [-0.1, -0.05) is 19.9 Å². The molecule has 1 aromatic carbocycles. The van der Waals surface area contributed by atoms with Gasteiger partial charge in [0.05, 0.1) is 5.69 Å². The molecule has 0 saturated carbocycles. The van der Waals surface area contributed by atoms with Crippen LogP contribution in [0.2, 0.25) is 0 Å². The predicted octanol–water partition coefficient (Wildman–Crippen LogP) is 2.90. The standard InChI is InChI=1S/C21H25FN6O/c1-13(2)19-23-17-14(3)25-26(4)18(17)20(24-19)27-8-10-28(11-9-27)21(29)15-6-5-7-16(22)12-15/h5-7,12-13H,8-11H2,1-4H3. The van der Waals surface area contributed by atoms with Crippen molar-refractivity contribution in [1.29, 1.82) is 0 Å². The monoisotopic (exact) mass is 396 g/mol. The minimum atomic E-state index is -0.398. The van der Waals surface area contributed by atoms with Gasteiger partial charge in [0.1, 0.15) is 22.7 Å². The Labute approximate surface area is 169 Å². The normalized spacial score (nSPS) is 14.8. The van der Waals surface area contributed by atoms with Gasteiger partial charge in [-0.15, -0.1) is 0 Å². The highest BCUT2D eigenvalue weighted by Crippen LogP contribution is 2.28. The van der Waals surface area contributed by atoms with Gasteiger partial charge in [0, 0.05) is 44.7 Å². The summed E-state index contributed by atoms with van der Waals surface area (Å²) in [7, 11) is 1.90. The van der Waals surface area contributed by atoms with E-state index >= 15 is 0 Å². The number of rotatable bonds is 3. The van der Waals surface area contributed by atoms with Gasteiger partial charge in [-0.05, 0) is 25.1 Å². The van der Waals surface area contributed by atoms with Crippen molar-refractivity contribution in [1.82, 2.24) is 24.6 Å². The van der Waals surface area contributed by atoms with Crippen LogP contribution in [0, 0.1) is 12.7 Å². The number of carbonyl (C=O) groups is 1. The molecule has 0 atom stereocenters. The molecule has 29 heavy (non-hydrogen) atoms. The molecule has 1 amide bonds. The molecule has 7 nitrogen and oxygen atoms in total. The van der Waals surface area contributed by atoms with Gasteiger partial charge >= 0.3 is 0 Å². The highest BCUT2D eigenvalue weighted by molar-refractivity contribution is 5.94. The summed E-state index contributed by atoms with van der Waals surface area (Å²) < 4.78 is 15.3. The molecule has 1 fully saturated rings. The first kappa shape index (κ1) is 19.3. The molecule has 1 saturated heterocycles. The van der Waals surface area contributed by atoms with Gasteiger partial charge in [-0.25, -0.2) is 14.4 Å². The van der Waals surface area contributed by atoms with Crippen LogP contribution in [0.15, 0.2) is 24.3 Å². The third kappa shape index (κ3) is 3.54. The Morgan fingerprint density at radius 3 is 2.52 bits per heavy atom. The molecule has 1 aliphatic heterocycles. The molecular formula is C21H25FN6O. The Bertz CT molecular complexity index is 1070. The van der Waals surface area contributed by atoms with E-state index in [2.05, 4.69) is 23.8 Å². The van der Waals surface area contributed by atoms with Crippen LogP contribution in [0.1, 0.15) is 41.6 Å². The molecule has 152 valence electrons. The molecular weight excluding hydrogens is 371 g/mol. The molecule has 0 unspecified atom stereocenters. The first-order valence-corrected chi connectivity index (χ1v) is 9.86. The van der Waals surface area contributed by atoms with Crippen molar-refractivity contribution in [3.63, 3.8) is 0 Å². The van der Waals surface area contributed by atoms with Crippen molar-refractivity contribution in [3.05, 3.63) is 47.2 Å². The van der Waals surface area contributed by atoms with E-state index in [9.17, 15) is 9.18 Å². The third-order valence-electron chi connectivity index (χ3n) is 5.30. The minimum absolute atomic E-state index is 0.142. The van der Waals surface area contributed by atoms with E-state index in [0.29, 0.717) is 31.7 Å². The van der Waals surface area contributed by atoms with Crippen LogP contribution >= 0.6 is 0 Å². The predicted molar refractivity (Wildman–Crippen MR) is 110 cm³/mol. The Balaban J connectivity index is 1.60. The van der Waals surface area contributed by atoms with Crippen molar-refractivity contribution >= 4 is 22.8 Å². The SMILES string of the molecule is Cc1nn(C)c2c(N3CCN(C(=O)c4cccc(F)c4)CC3)nc(C(C)C)nc12. The van der Waals surface area contributed by atoms with E-state index in [0.717, 1.165) is 28.4 Å². The van der Waals surface area contributed by atoms with Gasteiger partial charge in [-0.3, -0.25) is 9.48 Å². The largest absolute Gasteiger partial charge is 0.351 e. The molecule has 3 aromatic rings. The van der Waals surface area contributed by atoms with Gasteiger partial charge in [-0.2, -0.15) is 5.10 Å². The fourth-order valence-electron chi connectivity index (χ4n) is 3.74. The number of aryl methyl sites for hydroxylation is 2. The molecule has 0 radical (unpaired) electrons. The fourth-order valence-corrected chi connectivity index (χ4v) is 3.74. The van der Waals surface area contributed by atoms with E-state index in [-0.39, 0.29) is 11.8 Å². The highest BCUT2D eigenvalue weighted by atomic mass is 19.1. The van der Waals surface area contributed by atoms with E-state index in [1.54, 1.807) is 17.0 Å². The first-order chi connectivity index (χ1) is 13.8. The number of nitrogens with zero attached hydrogens (tertiary/aromatic N) is 6. The molecule has 1 aliphatic rings. The van der Waals surface area contributed by atoms with Crippen LogP contribution in [0.5, 0.6) is 0 Å². The first-order valence-electron chi connectivity index (χ1n) is 9.86. The average molecular weight is 396 g/mol. The Kier molecular flexibility index (Phi) is 4.94. The van der Waals surface area contributed by atoms with Crippen LogP contribution in [0.3, 0.4) is 0 Å². The smallest absolute Gasteiger partial charge is 0.254 e. The van der Waals surface area contributed by atoms with Crippen LogP contribution in [-0.4, -0.2) is 56.7 Å². The summed E-state index contributed by atoms with van der Waals surface area (Å²) in [5.41, 5.74) is 3.05. The van der Waals surface area contributed by atoms with Crippen molar-refractivity contribution in [2.75, 3.05) is 31.1 Å². The van der Waals surface area contributed by atoms with Crippen LogP contribution in [0.4, 0.5) is 10.2 Å². The van der Waals surface area contributed by atoms with E-state index in [1.807, 2.05) is 18.7 Å². The summed E-state index contributed by atoms with van der Waals surface area (Å²) in [6, 6.07) is 5.85. The second kappa shape index (κ2) is 7.42. The second-order valence-corrected chi connectivity index (χ2v) is 7.76. The summed E-state index contributed by atoms with van der Waals surface area (Å²) in [5, 5.41) is 4.52. The zero-order valence-corrected chi connectivity index (χ0v) is 17.2. The number of hydrogen-bond donors (Lipinski definition) is 0. The summed E-state index contributed by atoms with van der Waals surface area (Å²) in [4.78, 5) is 26.2. The number of hydrogen-bond acceptors (Lipinski definition) is 5. The maximum atomic E-state index is 13.5. The fraction of sp³-hybridized carbons (Fsp3) is 0.429. The second-order valence-electron chi connectivity index (χ2n) is 7.76. The molecule has 4 rings (SSSR count). The Morgan fingerprint density at radius 1 is 1.14 bits per heavy atom. The Morgan fingerprint density at radius 2 is 1.86 bits per heavy atom. The number of fused-ring (bicyclic) bond motifs is 1. The van der Waals surface area contributed by atoms with Crippen LogP contribution < -0.4 is 4.90 Å². The van der Waals surface area contributed by atoms with E-state index < -0.39 is 5.82 Å². The number of piperazine rings is 1. The molecule has 0 spiro atoms. The zero-order chi connectivity index (χ0) is 20.7. The lowest BCUT2D eigenvalue weighted by atomic mass is 10.1. The topological polar surface area (TPSA) is 67.2 Å². The molecule has 3 heterocycles. The number of anilines is 1. The van der Waals surface area contributed by atoms with E-state index in [4.69, 9.17) is 9.97 Å². The summed E-state index contributed by atoms with van der Waals surface area (Å²) in [5.74, 6) is 1.32. The number of carbonyl (C=O) groups excluding carboxylic acids is 1. The number of amides is 1. The molecule has 0 aliphatic carbocycles. The highest BCUT2D eigenvalue weighted by Gasteiger charge is 2.26. The number of aromatic nitrogens is 4. The molecule has 0 N–H and O–H groups in total. The van der Waals surface area contributed by atoms with Gasteiger partial charge < -0.3 is 9.80 Å². The van der Waals surface area contributed by atoms with Crippen molar-refractivity contribution < 1.29 is 9.18 Å². The van der Waals surface area contributed by atoms with Crippen molar-refractivity contribution in [2.24, 2.45) is 7.05 Å². The minimum Gasteiger partial charge on any atom is -0.351 e. The van der Waals surface area contributed by atoms with Gasteiger partial charge in [0.2, 0.25) is 0 Å². The Hall–Kier alpha value is -3.03. The van der Waals surface area contributed by atoms with E-state index in [1.165, 1.54) is 12.1 Å². The van der Waals surface area contributed by atoms with Gasteiger partial charge in [0.15, 0.2) is 5.82 Å². The summed E-state index contributed by atoms with van der Waals surface area (Å²) in [6.45, 7) is 8.50. The average Bonchev–Trinajstić information content (AvgIpc) is 3.00. The maximum Gasteiger partial charge on any atom is 0.254 e. The number of halogens is 1.